The van der Waals surface area contributed by atoms with E-state index in [1.807, 2.05) is 13.8 Å². The van der Waals surface area contributed by atoms with Gasteiger partial charge in [-0.1, -0.05) is 13.8 Å². The second-order valence-corrected chi connectivity index (χ2v) is 6.66. The Hall–Kier alpha value is -0.620. The van der Waals surface area contributed by atoms with Crippen molar-refractivity contribution in [3.63, 3.8) is 0 Å². The third kappa shape index (κ3) is 5.46. The van der Waals surface area contributed by atoms with E-state index < -0.39 is 7.60 Å². The van der Waals surface area contributed by atoms with Gasteiger partial charge in [0.1, 0.15) is 11.9 Å². The summed E-state index contributed by atoms with van der Waals surface area (Å²) in [5, 5.41) is 0. The molecule has 16 heavy (non-hydrogen) atoms. The Morgan fingerprint density at radius 3 is 2.25 bits per heavy atom. The van der Waals surface area contributed by atoms with Crippen LogP contribution in [0, 0.1) is 17.8 Å². The van der Waals surface area contributed by atoms with Crippen LogP contribution in [0.3, 0.4) is 0 Å². The number of hydrogen-bond donors (Lipinski definition) is 0. The molecule has 0 fully saturated rings. The molecule has 0 spiro atoms. The number of rotatable bonds is 7. The molecule has 0 unspecified atom stereocenters. The fourth-order valence-corrected chi connectivity index (χ4v) is 2.30. The summed E-state index contributed by atoms with van der Waals surface area (Å²) in [5.41, 5.74) is -0.280. The SMILES string of the molecule is C#CCC(C)(C)CC(=O)CP(=O)(OC)OC. The molecule has 0 bridgehead atoms. The first-order valence-corrected chi connectivity index (χ1v) is 6.67. The van der Waals surface area contributed by atoms with Gasteiger partial charge in [0.2, 0.25) is 0 Å². The highest BCUT2D eigenvalue weighted by atomic mass is 31.2. The van der Waals surface area contributed by atoms with Crippen LogP contribution in [0.5, 0.6) is 0 Å². The van der Waals surface area contributed by atoms with Crippen molar-refractivity contribution in [2.24, 2.45) is 5.41 Å². The number of carbonyl (C=O) groups excluding carboxylic acids is 1. The van der Waals surface area contributed by atoms with Crippen LogP contribution in [0.4, 0.5) is 0 Å². The molecule has 5 heteroatoms. The molecule has 0 radical (unpaired) electrons. The summed E-state index contributed by atoms with van der Waals surface area (Å²) in [4.78, 5) is 11.7. The molecule has 0 aliphatic rings. The number of terminal acetylenes is 1. The van der Waals surface area contributed by atoms with Crippen molar-refractivity contribution in [2.75, 3.05) is 20.4 Å². The molecule has 0 atom stereocenters. The van der Waals surface area contributed by atoms with Crippen LogP contribution in [0.2, 0.25) is 0 Å². The molecule has 0 aliphatic heterocycles. The van der Waals surface area contributed by atoms with E-state index in [4.69, 9.17) is 15.5 Å². The van der Waals surface area contributed by atoms with Crippen LogP contribution in [0.25, 0.3) is 0 Å². The van der Waals surface area contributed by atoms with Crippen molar-refractivity contribution in [2.45, 2.75) is 26.7 Å². The smallest absolute Gasteiger partial charge is 0.312 e. The molecular weight excluding hydrogens is 227 g/mol. The van der Waals surface area contributed by atoms with Crippen LogP contribution < -0.4 is 0 Å². The number of Topliss-reactive ketones (excluding diaryl/α,β-unsaturated/α-hetero) is 1. The van der Waals surface area contributed by atoms with Crippen molar-refractivity contribution < 1.29 is 18.4 Å². The average Bonchev–Trinajstić information content (AvgIpc) is 2.16. The Morgan fingerprint density at radius 1 is 1.38 bits per heavy atom. The Labute approximate surface area is 97.2 Å². The van der Waals surface area contributed by atoms with Crippen molar-refractivity contribution in [1.29, 1.82) is 0 Å². The Kier molecular flexibility index (Phi) is 5.96. The van der Waals surface area contributed by atoms with Gasteiger partial charge in [-0.25, -0.2) is 0 Å². The van der Waals surface area contributed by atoms with E-state index >= 15 is 0 Å². The van der Waals surface area contributed by atoms with Gasteiger partial charge < -0.3 is 9.05 Å². The third-order valence-corrected chi connectivity index (χ3v) is 4.04. The summed E-state index contributed by atoms with van der Waals surface area (Å²) in [6.45, 7) is 3.80. The van der Waals surface area contributed by atoms with Gasteiger partial charge in [-0.15, -0.1) is 12.3 Å². The molecule has 4 nitrogen and oxygen atoms in total. The first kappa shape index (κ1) is 15.4. The van der Waals surface area contributed by atoms with Crippen molar-refractivity contribution in [3.05, 3.63) is 0 Å². The maximum Gasteiger partial charge on any atom is 0.337 e. The van der Waals surface area contributed by atoms with Crippen molar-refractivity contribution in [1.82, 2.24) is 0 Å². The molecule has 0 aromatic carbocycles. The summed E-state index contributed by atoms with van der Waals surface area (Å²) < 4.78 is 21.1. The lowest BCUT2D eigenvalue weighted by Crippen LogP contribution is -2.19. The lowest BCUT2D eigenvalue weighted by molar-refractivity contribution is -0.118. The first-order valence-electron chi connectivity index (χ1n) is 4.94. The van der Waals surface area contributed by atoms with Gasteiger partial charge in [0, 0.05) is 27.1 Å². The monoisotopic (exact) mass is 246 g/mol. The third-order valence-electron chi connectivity index (χ3n) is 2.18. The van der Waals surface area contributed by atoms with E-state index in [0.29, 0.717) is 6.42 Å². The second-order valence-electron chi connectivity index (χ2n) is 4.39. The van der Waals surface area contributed by atoms with Crippen molar-refractivity contribution >= 4 is 13.4 Å². The zero-order valence-electron chi connectivity index (χ0n) is 10.3. The standard InChI is InChI=1S/C11H19O4P/c1-6-7-11(2,3)8-10(12)9-16(13,14-4)15-5/h1H,7-9H2,2-5H3. The lowest BCUT2D eigenvalue weighted by atomic mass is 9.85. The molecule has 0 amide bonds. The van der Waals surface area contributed by atoms with E-state index in [-0.39, 0.29) is 23.8 Å². The fourth-order valence-electron chi connectivity index (χ4n) is 1.35. The van der Waals surface area contributed by atoms with E-state index in [0.717, 1.165) is 0 Å². The molecule has 0 saturated heterocycles. The fraction of sp³-hybridized carbons (Fsp3) is 0.727. The summed E-state index contributed by atoms with van der Waals surface area (Å²) in [7, 11) is -0.707. The van der Waals surface area contributed by atoms with Gasteiger partial charge in [-0.2, -0.15) is 0 Å². The molecule has 0 heterocycles. The van der Waals surface area contributed by atoms with E-state index in [2.05, 4.69) is 5.92 Å². The zero-order valence-corrected chi connectivity index (χ0v) is 11.2. The van der Waals surface area contributed by atoms with E-state index in [1.54, 1.807) is 0 Å². The summed E-state index contributed by atoms with van der Waals surface area (Å²) in [5.74, 6) is 2.36. The molecule has 0 aliphatic carbocycles. The van der Waals surface area contributed by atoms with Crippen LogP contribution in [-0.4, -0.2) is 26.2 Å². The second kappa shape index (κ2) is 6.20. The largest absolute Gasteiger partial charge is 0.337 e. The quantitative estimate of drug-likeness (QED) is 0.511. The van der Waals surface area contributed by atoms with Gasteiger partial charge >= 0.3 is 7.60 Å². The number of hydrogen-bond acceptors (Lipinski definition) is 4. The highest BCUT2D eigenvalue weighted by molar-refractivity contribution is 7.54. The Bertz CT molecular complexity index is 319. The number of ketones is 1. The Morgan fingerprint density at radius 2 is 1.88 bits per heavy atom. The van der Waals surface area contributed by atoms with Gasteiger partial charge in [-0.05, 0) is 5.41 Å². The summed E-state index contributed by atoms with van der Waals surface area (Å²) >= 11 is 0. The molecule has 0 aromatic heterocycles. The summed E-state index contributed by atoms with van der Waals surface area (Å²) in [6.07, 6.45) is 5.78. The zero-order chi connectivity index (χ0) is 12.8. The van der Waals surface area contributed by atoms with Crippen LogP contribution >= 0.6 is 7.60 Å². The van der Waals surface area contributed by atoms with Crippen LogP contribution in [-0.2, 0) is 18.4 Å². The highest BCUT2D eigenvalue weighted by Gasteiger charge is 2.29. The Balaban J connectivity index is 4.40. The molecule has 92 valence electrons. The highest BCUT2D eigenvalue weighted by Crippen LogP contribution is 2.46. The first-order chi connectivity index (χ1) is 7.28. The number of carbonyl (C=O) groups is 1. The molecule has 0 N–H and O–H groups in total. The lowest BCUT2D eigenvalue weighted by Gasteiger charge is -2.21. The van der Waals surface area contributed by atoms with Gasteiger partial charge in [0.05, 0.1) is 0 Å². The predicted octanol–water partition coefficient (Wildman–Crippen LogP) is 2.48. The average molecular weight is 246 g/mol. The maximum atomic E-state index is 11.7. The topological polar surface area (TPSA) is 52.6 Å². The molecule has 0 aromatic rings. The van der Waals surface area contributed by atoms with Gasteiger partial charge in [0.25, 0.3) is 0 Å². The van der Waals surface area contributed by atoms with E-state index in [9.17, 15) is 9.36 Å². The predicted molar refractivity (Wildman–Crippen MR) is 63.3 cm³/mol. The van der Waals surface area contributed by atoms with Crippen LogP contribution in [0.1, 0.15) is 26.7 Å². The minimum absolute atomic E-state index is 0.160. The molecule has 0 rings (SSSR count). The summed E-state index contributed by atoms with van der Waals surface area (Å²) in [6, 6.07) is 0. The normalized spacial score (nSPS) is 12.2. The van der Waals surface area contributed by atoms with E-state index in [1.165, 1.54) is 14.2 Å². The molecular formula is C11H19O4P. The van der Waals surface area contributed by atoms with Crippen molar-refractivity contribution in [3.8, 4) is 12.3 Å². The molecule has 0 saturated carbocycles. The van der Waals surface area contributed by atoms with Gasteiger partial charge in [-0.3, -0.25) is 9.36 Å². The maximum absolute atomic E-state index is 11.7. The van der Waals surface area contributed by atoms with Gasteiger partial charge in [0.15, 0.2) is 0 Å². The minimum atomic E-state index is -3.24. The minimum Gasteiger partial charge on any atom is -0.312 e. The van der Waals surface area contributed by atoms with Crippen LogP contribution in [0.15, 0.2) is 0 Å².